The molecular weight excluding hydrogens is 388 g/mol. The van der Waals surface area contributed by atoms with E-state index < -0.39 is 0 Å². The van der Waals surface area contributed by atoms with Crippen molar-refractivity contribution in [2.24, 2.45) is 56.2 Å². The van der Waals surface area contributed by atoms with Crippen LogP contribution in [0.5, 0.6) is 0 Å². The van der Waals surface area contributed by atoms with Gasteiger partial charge in [0.25, 0.3) is 0 Å². The van der Waals surface area contributed by atoms with Gasteiger partial charge in [0.15, 0.2) is 0 Å². The van der Waals surface area contributed by atoms with Crippen molar-refractivity contribution in [3.05, 3.63) is 11.6 Å². The number of rotatable bonds is 0. The highest BCUT2D eigenvalue weighted by Gasteiger charge is 2.71. The van der Waals surface area contributed by atoms with E-state index in [1.165, 1.54) is 51.4 Å². The van der Waals surface area contributed by atoms with Gasteiger partial charge < -0.3 is 5.11 Å². The van der Waals surface area contributed by atoms with Crippen LogP contribution >= 0.6 is 0 Å². The maximum atomic E-state index is 11.1. The predicted molar refractivity (Wildman–Crippen MR) is 135 cm³/mol. The average molecular weight is 441 g/mol. The third-order valence-electron chi connectivity index (χ3n) is 14.5. The van der Waals surface area contributed by atoms with E-state index in [-0.39, 0.29) is 16.9 Å². The van der Waals surface area contributed by atoms with Crippen molar-refractivity contribution in [1.29, 1.82) is 0 Å². The fourth-order valence-electron chi connectivity index (χ4n) is 11.0. The molecule has 4 saturated carbocycles. The zero-order valence-electron chi connectivity index (χ0n) is 22.8. The van der Waals surface area contributed by atoms with Crippen molar-refractivity contribution >= 4 is 0 Å². The predicted octanol–water partition coefficient (Wildman–Crippen LogP) is 8.41. The van der Waals surface area contributed by atoms with Gasteiger partial charge in [0.1, 0.15) is 0 Å². The van der Waals surface area contributed by atoms with E-state index in [1.807, 2.05) is 5.57 Å². The number of hydrogen-bond donors (Lipinski definition) is 1. The van der Waals surface area contributed by atoms with Gasteiger partial charge in [-0.3, -0.25) is 0 Å². The van der Waals surface area contributed by atoms with E-state index in [2.05, 4.69) is 68.4 Å². The maximum absolute atomic E-state index is 11.1. The molecule has 0 heterocycles. The molecule has 5 rings (SSSR count). The zero-order valence-corrected chi connectivity index (χ0v) is 22.8. The molecule has 0 aromatic heterocycles. The molecule has 0 aromatic rings. The van der Waals surface area contributed by atoms with Gasteiger partial charge in [-0.25, -0.2) is 0 Å². The fraction of sp³-hybridized carbons (Fsp3) is 0.935. The van der Waals surface area contributed by atoms with E-state index in [0.717, 1.165) is 30.1 Å². The highest BCUT2D eigenvalue weighted by atomic mass is 16.3. The molecule has 0 radical (unpaired) electrons. The lowest BCUT2D eigenvalue weighted by molar-refractivity contribution is -0.250. The van der Waals surface area contributed by atoms with Crippen molar-refractivity contribution in [3.8, 4) is 0 Å². The number of hydrogen-bond acceptors (Lipinski definition) is 1. The summed E-state index contributed by atoms with van der Waals surface area (Å²) in [7, 11) is 0. The van der Waals surface area contributed by atoms with Gasteiger partial charge >= 0.3 is 0 Å². The highest BCUT2D eigenvalue weighted by Crippen LogP contribution is 2.78. The third-order valence-corrected chi connectivity index (χ3v) is 14.5. The van der Waals surface area contributed by atoms with E-state index in [4.69, 9.17) is 0 Å². The second-order valence-corrected chi connectivity index (χ2v) is 15.2. The van der Waals surface area contributed by atoms with Crippen LogP contribution in [0.15, 0.2) is 11.6 Å². The Morgan fingerprint density at radius 1 is 0.781 bits per heavy atom. The second-order valence-electron chi connectivity index (χ2n) is 15.2. The van der Waals surface area contributed by atoms with Gasteiger partial charge in [0, 0.05) is 0 Å². The summed E-state index contributed by atoms with van der Waals surface area (Å²) in [4.78, 5) is 0. The normalized spacial score (nSPS) is 59.2. The molecule has 4 fully saturated rings. The number of aliphatic hydroxyl groups excluding tert-OH is 1. The van der Waals surface area contributed by atoms with Gasteiger partial charge in [-0.15, -0.1) is 0 Å². The zero-order chi connectivity index (χ0) is 23.5. The Morgan fingerprint density at radius 2 is 1.47 bits per heavy atom. The standard InChI is InChI=1S/C31H52O/c1-20-12-14-27(5)16-17-28(6)22(25(27)21(20)2)10-11-23-29(28,7)18-19-31(9)26(3,4)24(32)13-15-30(23,31)8/h10,20-21,23-25,32H,11-19H2,1-9H3/t20-,21+,23+,24+,25+,27-,28-,29-,30-,31+/m1/s1. The monoisotopic (exact) mass is 440 g/mol. The molecule has 0 aliphatic heterocycles. The first kappa shape index (κ1) is 23.4. The van der Waals surface area contributed by atoms with Crippen molar-refractivity contribution in [2.45, 2.75) is 126 Å². The van der Waals surface area contributed by atoms with Crippen LogP contribution in [0.4, 0.5) is 0 Å². The summed E-state index contributed by atoms with van der Waals surface area (Å²) in [6, 6.07) is 0. The van der Waals surface area contributed by atoms with Crippen LogP contribution in [0.3, 0.4) is 0 Å². The third kappa shape index (κ3) is 2.46. The molecule has 5 aliphatic rings. The lowest BCUT2D eigenvalue weighted by Crippen LogP contribution is -2.68. The van der Waals surface area contributed by atoms with Crippen molar-refractivity contribution in [2.75, 3.05) is 0 Å². The summed E-state index contributed by atoms with van der Waals surface area (Å²) < 4.78 is 0. The molecule has 0 aromatic carbocycles. The van der Waals surface area contributed by atoms with E-state index in [9.17, 15) is 5.11 Å². The first-order valence-corrected chi connectivity index (χ1v) is 14.1. The van der Waals surface area contributed by atoms with Crippen LogP contribution in [-0.4, -0.2) is 11.2 Å². The smallest absolute Gasteiger partial charge is 0.0596 e. The number of allylic oxidation sites excluding steroid dienone is 2. The molecule has 0 bridgehead atoms. The average Bonchev–Trinajstić information content (AvgIpc) is 2.72. The van der Waals surface area contributed by atoms with Crippen LogP contribution in [0, 0.1) is 56.2 Å². The molecule has 1 N–H and O–H groups in total. The van der Waals surface area contributed by atoms with E-state index >= 15 is 0 Å². The topological polar surface area (TPSA) is 20.2 Å². The first-order valence-electron chi connectivity index (χ1n) is 14.1. The van der Waals surface area contributed by atoms with E-state index in [0.29, 0.717) is 21.7 Å². The molecule has 0 saturated heterocycles. The summed E-state index contributed by atoms with van der Waals surface area (Å²) in [6.07, 6.45) is 14.4. The molecule has 0 amide bonds. The van der Waals surface area contributed by atoms with Gasteiger partial charge in [-0.1, -0.05) is 74.0 Å². The van der Waals surface area contributed by atoms with Crippen LogP contribution in [-0.2, 0) is 0 Å². The summed E-state index contributed by atoms with van der Waals surface area (Å²) in [5.74, 6) is 3.19. The largest absolute Gasteiger partial charge is 0.393 e. The molecule has 32 heavy (non-hydrogen) atoms. The summed E-state index contributed by atoms with van der Waals surface area (Å²) in [5, 5.41) is 11.1. The molecule has 182 valence electrons. The van der Waals surface area contributed by atoms with Crippen molar-refractivity contribution in [3.63, 3.8) is 0 Å². The molecule has 10 atom stereocenters. The number of aliphatic hydroxyl groups is 1. The van der Waals surface area contributed by atoms with Crippen LogP contribution in [0.25, 0.3) is 0 Å². The van der Waals surface area contributed by atoms with Crippen molar-refractivity contribution in [1.82, 2.24) is 0 Å². The summed E-state index contributed by atoms with van der Waals surface area (Å²) >= 11 is 0. The van der Waals surface area contributed by atoms with Crippen LogP contribution in [0.2, 0.25) is 0 Å². The second kappa shape index (κ2) is 6.67. The van der Waals surface area contributed by atoms with Crippen LogP contribution in [0.1, 0.15) is 120 Å². The van der Waals surface area contributed by atoms with Crippen LogP contribution < -0.4 is 0 Å². The van der Waals surface area contributed by atoms with E-state index in [1.54, 1.807) is 0 Å². The quantitative estimate of drug-likeness (QED) is 0.375. The fourth-order valence-corrected chi connectivity index (χ4v) is 11.0. The molecule has 1 heteroatoms. The minimum Gasteiger partial charge on any atom is -0.393 e. The van der Waals surface area contributed by atoms with Gasteiger partial charge in [0.2, 0.25) is 0 Å². The molecule has 0 spiro atoms. The Labute approximate surface area is 199 Å². The van der Waals surface area contributed by atoms with Gasteiger partial charge in [0.05, 0.1) is 6.10 Å². The molecule has 1 nitrogen and oxygen atoms in total. The maximum Gasteiger partial charge on any atom is 0.0596 e. The lowest BCUT2D eigenvalue weighted by Gasteiger charge is -2.74. The summed E-state index contributed by atoms with van der Waals surface area (Å²) in [5.41, 5.74) is 3.63. The van der Waals surface area contributed by atoms with Gasteiger partial charge in [-0.05, 0) is 114 Å². The Kier molecular flexibility index (Phi) is 4.89. The Hall–Kier alpha value is -0.300. The molecule has 0 unspecified atom stereocenters. The molecular formula is C31H52O. The Balaban J connectivity index is 1.62. The minimum absolute atomic E-state index is 0.00925. The minimum atomic E-state index is -0.157. The first-order chi connectivity index (χ1) is 14.7. The number of fused-ring (bicyclic) bond motifs is 7. The molecule has 5 aliphatic carbocycles. The van der Waals surface area contributed by atoms with Gasteiger partial charge in [-0.2, -0.15) is 0 Å². The van der Waals surface area contributed by atoms with Crippen molar-refractivity contribution < 1.29 is 5.11 Å². The Bertz CT molecular complexity index is 824. The SMILES string of the molecule is C[C@H]1[C@H](C)CC[C@]2(C)CC[C@]3(C)C(=CC[C@@H]4[C@@]5(C)CC[C@H](O)C(C)(C)[C@]5(C)CC[C@]43C)[C@H]12. The lowest BCUT2D eigenvalue weighted by atomic mass is 9.30. The summed E-state index contributed by atoms with van der Waals surface area (Å²) in [6.45, 7) is 23.1. The highest BCUT2D eigenvalue weighted by molar-refractivity contribution is 5.34. The Morgan fingerprint density at radius 3 is 2.16 bits per heavy atom.